The molecule has 0 aromatic heterocycles. The maximum absolute atomic E-state index is 12.2. The molecule has 0 aliphatic heterocycles. The average Bonchev–Trinajstić information content (AvgIpc) is 2.60. The summed E-state index contributed by atoms with van der Waals surface area (Å²) in [5.74, 6) is -0.0350. The first-order chi connectivity index (χ1) is 11.1. The van der Waals surface area contributed by atoms with Crippen LogP contribution in [0.1, 0.15) is 46.0 Å². The Morgan fingerprint density at radius 1 is 0.957 bits per heavy atom. The summed E-state index contributed by atoms with van der Waals surface area (Å²) in [7, 11) is 1.84. The normalized spacial score (nSPS) is 10.3. The third-order valence-electron chi connectivity index (χ3n) is 3.82. The number of carbonyl (C=O) groups excluding carboxylic acids is 2. The van der Waals surface area contributed by atoms with Crippen molar-refractivity contribution in [3.05, 3.63) is 65.2 Å². The molecule has 0 saturated heterocycles. The lowest BCUT2D eigenvalue weighted by molar-refractivity contribution is 0.101. The van der Waals surface area contributed by atoms with Gasteiger partial charge in [-0.2, -0.15) is 0 Å². The maximum atomic E-state index is 12.2. The van der Waals surface area contributed by atoms with Gasteiger partial charge in [0.1, 0.15) is 7.85 Å². The van der Waals surface area contributed by atoms with Crippen molar-refractivity contribution in [2.45, 2.75) is 32.5 Å². The molecule has 0 saturated carbocycles. The zero-order valence-electron chi connectivity index (χ0n) is 13.8. The lowest BCUT2D eigenvalue weighted by Crippen LogP contribution is -2.12. The first-order valence-corrected chi connectivity index (χ1v) is 8.17. The second kappa shape index (κ2) is 8.32. The molecule has 2 aromatic carbocycles. The van der Waals surface area contributed by atoms with E-state index in [9.17, 15) is 9.59 Å². The number of aryl methyl sites for hydroxylation is 1. The molecular formula is C19H22BNO2. The van der Waals surface area contributed by atoms with E-state index < -0.39 is 0 Å². The highest BCUT2D eigenvalue weighted by Gasteiger charge is 2.07. The first kappa shape index (κ1) is 17.0. The van der Waals surface area contributed by atoms with Gasteiger partial charge in [-0.15, -0.1) is 0 Å². The fraction of sp³-hybridized carbons (Fsp3) is 0.263. The molecule has 3 nitrogen and oxygen atoms in total. The summed E-state index contributed by atoms with van der Waals surface area (Å²) in [5.41, 5.74) is 3.26. The first-order valence-electron chi connectivity index (χ1n) is 8.17. The van der Waals surface area contributed by atoms with E-state index in [1.807, 2.05) is 32.1 Å². The van der Waals surface area contributed by atoms with Crippen LogP contribution in [-0.2, 0) is 6.42 Å². The number of benzene rings is 2. The zero-order chi connectivity index (χ0) is 16.7. The van der Waals surface area contributed by atoms with Crippen LogP contribution in [0.4, 0.5) is 5.69 Å². The largest absolute Gasteiger partial charge is 0.322 e. The summed E-state index contributed by atoms with van der Waals surface area (Å²) in [6.07, 6.45) is 3.86. The van der Waals surface area contributed by atoms with Crippen molar-refractivity contribution in [2.24, 2.45) is 0 Å². The molecule has 23 heavy (non-hydrogen) atoms. The van der Waals surface area contributed by atoms with Crippen molar-refractivity contribution in [3.8, 4) is 0 Å². The molecule has 0 aliphatic rings. The third-order valence-corrected chi connectivity index (χ3v) is 3.82. The highest BCUT2D eigenvalue weighted by molar-refractivity contribution is 6.24. The standard InChI is InChI=1S/C19H22BNO2/c1-2-3-4-14-5-7-16(8-6-14)19(23)21-17-11-9-15(10-12-17)18(22)13-20/h5-12H,2-4,13,20H2,1H3,(H,21,23). The number of nitrogens with one attached hydrogen (secondary N) is 1. The number of hydrogen-bond acceptors (Lipinski definition) is 2. The molecule has 0 atom stereocenters. The van der Waals surface area contributed by atoms with Crippen molar-refractivity contribution in [1.82, 2.24) is 0 Å². The topological polar surface area (TPSA) is 46.2 Å². The lowest BCUT2D eigenvalue weighted by atomic mass is 9.96. The number of unbranched alkanes of at least 4 members (excludes halogenated alkanes) is 1. The summed E-state index contributed by atoms with van der Waals surface area (Å²) < 4.78 is 0. The molecule has 0 aliphatic carbocycles. The summed E-state index contributed by atoms with van der Waals surface area (Å²) in [5, 5.41) is 2.85. The predicted molar refractivity (Wildman–Crippen MR) is 97.1 cm³/mol. The maximum Gasteiger partial charge on any atom is 0.255 e. The van der Waals surface area contributed by atoms with E-state index in [4.69, 9.17) is 0 Å². The van der Waals surface area contributed by atoms with Crippen LogP contribution in [0, 0.1) is 0 Å². The van der Waals surface area contributed by atoms with Crippen LogP contribution >= 0.6 is 0 Å². The van der Waals surface area contributed by atoms with Gasteiger partial charge in [0.15, 0.2) is 5.78 Å². The quantitative estimate of drug-likeness (QED) is 0.628. The van der Waals surface area contributed by atoms with Gasteiger partial charge in [-0.1, -0.05) is 25.5 Å². The van der Waals surface area contributed by atoms with Gasteiger partial charge in [0.25, 0.3) is 5.91 Å². The van der Waals surface area contributed by atoms with E-state index in [0.29, 0.717) is 23.1 Å². The van der Waals surface area contributed by atoms with Crippen molar-refractivity contribution in [1.29, 1.82) is 0 Å². The molecule has 1 amide bonds. The number of Topliss-reactive ketones (excluding diaryl/α,β-unsaturated/α-hetero) is 1. The zero-order valence-corrected chi connectivity index (χ0v) is 13.8. The number of amides is 1. The van der Waals surface area contributed by atoms with Crippen LogP contribution in [0.2, 0.25) is 6.32 Å². The van der Waals surface area contributed by atoms with E-state index in [2.05, 4.69) is 12.2 Å². The summed E-state index contributed by atoms with van der Waals surface area (Å²) >= 11 is 0. The molecule has 118 valence electrons. The van der Waals surface area contributed by atoms with Crippen molar-refractivity contribution in [3.63, 3.8) is 0 Å². The molecule has 1 N–H and O–H groups in total. The third kappa shape index (κ3) is 4.81. The van der Waals surface area contributed by atoms with Gasteiger partial charge < -0.3 is 5.32 Å². The molecule has 2 aromatic rings. The minimum Gasteiger partial charge on any atom is -0.322 e. The minimum atomic E-state index is -0.137. The van der Waals surface area contributed by atoms with E-state index in [-0.39, 0.29) is 11.7 Å². The minimum absolute atomic E-state index is 0.102. The monoisotopic (exact) mass is 307 g/mol. The molecule has 0 unspecified atom stereocenters. The van der Waals surface area contributed by atoms with Crippen molar-refractivity contribution < 1.29 is 9.59 Å². The Bertz CT molecular complexity index is 663. The molecule has 0 bridgehead atoms. The van der Waals surface area contributed by atoms with Gasteiger partial charge in [0, 0.05) is 16.8 Å². The van der Waals surface area contributed by atoms with E-state index in [1.54, 1.807) is 24.3 Å². The van der Waals surface area contributed by atoms with E-state index in [1.165, 1.54) is 12.0 Å². The summed E-state index contributed by atoms with van der Waals surface area (Å²) in [4.78, 5) is 23.8. The van der Waals surface area contributed by atoms with Crippen LogP contribution in [0.15, 0.2) is 48.5 Å². The van der Waals surface area contributed by atoms with Gasteiger partial charge >= 0.3 is 0 Å². The second-order valence-corrected chi connectivity index (χ2v) is 5.61. The predicted octanol–water partition coefficient (Wildman–Crippen LogP) is 3.52. The fourth-order valence-electron chi connectivity index (χ4n) is 2.35. The lowest BCUT2D eigenvalue weighted by Gasteiger charge is -2.07. The Hall–Kier alpha value is -2.36. The molecule has 0 heterocycles. The van der Waals surface area contributed by atoms with E-state index >= 15 is 0 Å². The highest BCUT2D eigenvalue weighted by atomic mass is 16.1. The molecule has 4 heteroatoms. The molecule has 0 fully saturated rings. The van der Waals surface area contributed by atoms with Crippen LogP contribution < -0.4 is 5.32 Å². The SMILES string of the molecule is BCC(=O)c1ccc(NC(=O)c2ccc(CCCC)cc2)cc1. The number of rotatable bonds is 7. The number of carbonyl (C=O) groups is 2. The summed E-state index contributed by atoms with van der Waals surface area (Å²) in [6, 6.07) is 14.7. The fourth-order valence-corrected chi connectivity index (χ4v) is 2.35. The van der Waals surface area contributed by atoms with Crippen LogP contribution in [0.25, 0.3) is 0 Å². The second-order valence-electron chi connectivity index (χ2n) is 5.61. The number of hydrogen-bond donors (Lipinski definition) is 1. The molecule has 0 radical (unpaired) electrons. The van der Waals surface area contributed by atoms with Crippen LogP contribution in [0.5, 0.6) is 0 Å². The molecule has 2 rings (SSSR count). The molecular weight excluding hydrogens is 285 g/mol. The van der Waals surface area contributed by atoms with Gasteiger partial charge in [0.2, 0.25) is 0 Å². The van der Waals surface area contributed by atoms with Gasteiger partial charge in [-0.25, -0.2) is 0 Å². The van der Waals surface area contributed by atoms with Crippen molar-refractivity contribution >= 4 is 25.2 Å². The molecule has 0 spiro atoms. The average molecular weight is 307 g/mol. The Morgan fingerprint density at radius 2 is 1.57 bits per heavy atom. The van der Waals surface area contributed by atoms with Gasteiger partial charge in [-0.05, 0) is 61.1 Å². The highest BCUT2D eigenvalue weighted by Crippen LogP contribution is 2.14. The summed E-state index contributed by atoms with van der Waals surface area (Å²) in [6.45, 7) is 2.17. The number of anilines is 1. The Kier molecular flexibility index (Phi) is 6.15. The number of ketones is 1. The van der Waals surface area contributed by atoms with Crippen LogP contribution in [0.3, 0.4) is 0 Å². The smallest absolute Gasteiger partial charge is 0.255 e. The van der Waals surface area contributed by atoms with Crippen LogP contribution in [-0.4, -0.2) is 19.5 Å². The van der Waals surface area contributed by atoms with Crippen molar-refractivity contribution in [2.75, 3.05) is 5.32 Å². The Morgan fingerprint density at radius 3 is 2.13 bits per heavy atom. The Labute approximate surface area is 138 Å². The van der Waals surface area contributed by atoms with Gasteiger partial charge in [0.05, 0.1) is 0 Å². The Balaban J connectivity index is 1.99. The van der Waals surface area contributed by atoms with E-state index in [0.717, 1.165) is 12.8 Å². The van der Waals surface area contributed by atoms with Gasteiger partial charge in [-0.3, -0.25) is 9.59 Å².